The third kappa shape index (κ3) is 2.85. The van der Waals surface area contributed by atoms with Gasteiger partial charge >= 0.3 is 0 Å². The van der Waals surface area contributed by atoms with E-state index in [9.17, 15) is 0 Å². The summed E-state index contributed by atoms with van der Waals surface area (Å²) in [6.07, 6.45) is 1.13. The first-order valence-corrected chi connectivity index (χ1v) is 5.20. The fourth-order valence-corrected chi connectivity index (χ4v) is 2.01. The molecular formula is C8H13NS2. The highest BCUT2D eigenvalue weighted by Gasteiger charge is 1.97. The molecule has 0 aliphatic heterocycles. The topological polar surface area (TPSA) is 12.0 Å². The Balaban J connectivity index is 2.32. The Morgan fingerprint density at radius 1 is 1.64 bits per heavy atom. The highest BCUT2D eigenvalue weighted by molar-refractivity contribution is 7.80. The van der Waals surface area contributed by atoms with E-state index in [2.05, 4.69) is 36.3 Å². The van der Waals surface area contributed by atoms with Crippen LogP contribution in [0.25, 0.3) is 0 Å². The molecule has 0 unspecified atom stereocenters. The van der Waals surface area contributed by atoms with Crippen molar-refractivity contribution in [2.24, 2.45) is 0 Å². The number of hydrogen-bond donors (Lipinski definition) is 2. The van der Waals surface area contributed by atoms with Gasteiger partial charge in [0.05, 0.1) is 0 Å². The summed E-state index contributed by atoms with van der Waals surface area (Å²) in [5.74, 6) is 0.768. The lowest BCUT2D eigenvalue weighted by Crippen LogP contribution is -2.14. The van der Waals surface area contributed by atoms with Crippen LogP contribution in [0.3, 0.4) is 0 Å². The molecule has 0 aromatic carbocycles. The summed E-state index contributed by atoms with van der Waals surface area (Å²) in [5.41, 5.74) is 1.41. The largest absolute Gasteiger partial charge is 0.308 e. The van der Waals surface area contributed by atoms with E-state index in [1.54, 1.807) is 0 Å². The minimum absolute atomic E-state index is 0.768. The van der Waals surface area contributed by atoms with Crippen LogP contribution in [0.1, 0.15) is 10.4 Å². The molecule has 0 amide bonds. The number of aryl methyl sites for hydroxylation is 1. The minimum atomic E-state index is 0.768. The second-order valence-corrected chi connectivity index (χ2v) is 3.75. The smallest absolute Gasteiger partial charge is 0.0387 e. The lowest BCUT2D eigenvalue weighted by Gasteiger charge is -1.99. The molecule has 0 saturated heterocycles. The molecule has 1 N–H and O–H groups in total. The maximum atomic E-state index is 4.07. The summed E-state index contributed by atoms with van der Waals surface area (Å²) in [6, 6.07) is 2.17. The molecule has 3 heteroatoms. The molecule has 1 heterocycles. The maximum Gasteiger partial charge on any atom is 0.0387 e. The van der Waals surface area contributed by atoms with Crippen LogP contribution in [0.2, 0.25) is 0 Å². The van der Waals surface area contributed by atoms with Crippen LogP contribution in [0.4, 0.5) is 0 Å². The summed E-state index contributed by atoms with van der Waals surface area (Å²) >= 11 is 5.91. The van der Waals surface area contributed by atoms with Gasteiger partial charge in [-0.25, -0.2) is 0 Å². The molecule has 0 spiro atoms. The van der Waals surface area contributed by atoms with Crippen molar-refractivity contribution >= 4 is 24.0 Å². The van der Waals surface area contributed by atoms with Crippen molar-refractivity contribution in [2.45, 2.75) is 13.3 Å². The molecule has 0 bridgehead atoms. The van der Waals surface area contributed by atoms with Crippen molar-refractivity contribution in [2.75, 3.05) is 12.4 Å². The summed E-state index contributed by atoms with van der Waals surface area (Å²) in [6.45, 7) is 3.19. The lowest BCUT2D eigenvalue weighted by molar-refractivity contribution is 0.781. The van der Waals surface area contributed by atoms with E-state index >= 15 is 0 Å². The van der Waals surface area contributed by atoms with E-state index in [0.717, 1.165) is 18.8 Å². The molecule has 0 aliphatic carbocycles. The van der Waals surface area contributed by atoms with Crippen LogP contribution in [0.5, 0.6) is 0 Å². The van der Waals surface area contributed by atoms with E-state index < -0.39 is 0 Å². The van der Waals surface area contributed by atoms with Crippen LogP contribution in [0, 0.1) is 6.92 Å². The van der Waals surface area contributed by atoms with Gasteiger partial charge in [0, 0.05) is 17.3 Å². The van der Waals surface area contributed by atoms with Gasteiger partial charge in [-0.1, -0.05) is 0 Å². The monoisotopic (exact) mass is 187 g/mol. The van der Waals surface area contributed by atoms with Gasteiger partial charge in [0.25, 0.3) is 0 Å². The number of thiophene rings is 1. The normalized spacial score (nSPS) is 10.4. The number of rotatable bonds is 4. The predicted molar refractivity (Wildman–Crippen MR) is 54.6 cm³/mol. The third-order valence-electron chi connectivity index (χ3n) is 1.61. The van der Waals surface area contributed by atoms with Gasteiger partial charge < -0.3 is 5.32 Å². The van der Waals surface area contributed by atoms with Gasteiger partial charge in [-0.05, 0) is 30.4 Å². The van der Waals surface area contributed by atoms with Crippen molar-refractivity contribution in [3.05, 3.63) is 21.9 Å². The Bertz CT molecular complexity index is 208. The third-order valence-corrected chi connectivity index (χ3v) is 2.92. The molecule has 0 fully saturated rings. The van der Waals surface area contributed by atoms with Crippen molar-refractivity contribution in [3.8, 4) is 0 Å². The zero-order chi connectivity index (χ0) is 8.10. The average Bonchev–Trinajstić information content (AvgIpc) is 2.37. The zero-order valence-corrected chi connectivity index (χ0v) is 8.34. The van der Waals surface area contributed by atoms with Crippen molar-refractivity contribution in [1.82, 2.24) is 5.32 Å². The van der Waals surface area contributed by atoms with E-state index in [-0.39, 0.29) is 0 Å². The standard InChI is InChI=1S/C8H13NS2/c1-7-3-5-11-8(7)2-4-9-6-10/h3,5,9-10H,2,4,6H2,1H3. The fourth-order valence-electron chi connectivity index (χ4n) is 0.941. The molecule has 0 aliphatic rings. The van der Waals surface area contributed by atoms with Gasteiger partial charge in [0.2, 0.25) is 0 Å². The van der Waals surface area contributed by atoms with Gasteiger partial charge in [-0.15, -0.1) is 11.3 Å². The molecule has 1 aromatic heterocycles. The second kappa shape index (κ2) is 4.80. The van der Waals surface area contributed by atoms with Crippen molar-refractivity contribution in [1.29, 1.82) is 0 Å². The van der Waals surface area contributed by atoms with Crippen LogP contribution >= 0.6 is 24.0 Å². The van der Waals surface area contributed by atoms with Gasteiger partial charge in [0.15, 0.2) is 0 Å². The van der Waals surface area contributed by atoms with E-state index in [1.165, 1.54) is 10.4 Å². The van der Waals surface area contributed by atoms with Gasteiger partial charge in [-0.3, -0.25) is 0 Å². The Labute approximate surface area is 77.2 Å². The van der Waals surface area contributed by atoms with Crippen molar-refractivity contribution < 1.29 is 0 Å². The highest BCUT2D eigenvalue weighted by Crippen LogP contribution is 2.15. The summed E-state index contributed by atoms with van der Waals surface area (Å²) in [4.78, 5) is 1.49. The first-order valence-electron chi connectivity index (χ1n) is 3.69. The predicted octanol–water partition coefficient (Wildman–Crippen LogP) is 2.08. The maximum absolute atomic E-state index is 4.07. The Morgan fingerprint density at radius 2 is 2.45 bits per heavy atom. The molecule has 1 nitrogen and oxygen atoms in total. The van der Waals surface area contributed by atoms with E-state index in [1.807, 2.05) is 11.3 Å². The first kappa shape index (κ1) is 9.10. The van der Waals surface area contributed by atoms with Crippen LogP contribution in [-0.4, -0.2) is 12.4 Å². The molecule has 0 radical (unpaired) electrons. The zero-order valence-electron chi connectivity index (χ0n) is 6.63. The Kier molecular flexibility index (Phi) is 3.97. The van der Waals surface area contributed by atoms with Crippen LogP contribution in [0.15, 0.2) is 11.4 Å². The lowest BCUT2D eigenvalue weighted by atomic mass is 10.2. The summed E-state index contributed by atoms with van der Waals surface area (Å²) in [7, 11) is 0. The van der Waals surface area contributed by atoms with Gasteiger partial charge in [0.1, 0.15) is 0 Å². The van der Waals surface area contributed by atoms with Crippen LogP contribution < -0.4 is 5.32 Å². The quantitative estimate of drug-likeness (QED) is 0.418. The fraction of sp³-hybridized carbons (Fsp3) is 0.500. The van der Waals surface area contributed by atoms with Crippen molar-refractivity contribution in [3.63, 3.8) is 0 Å². The Morgan fingerprint density at radius 3 is 3.00 bits per heavy atom. The molecule has 1 rings (SSSR count). The molecule has 1 aromatic rings. The number of nitrogens with one attached hydrogen (secondary N) is 1. The highest BCUT2D eigenvalue weighted by atomic mass is 32.1. The number of thiol groups is 1. The minimum Gasteiger partial charge on any atom is -0.308 e. The van der Waals surface area contributed by atoms with E-state index in [0.29, 0.717) is 0 Å². The molecule has 0 saturated carbocycles. The molecule has 11 heavy (non-hydrogen) atoms. The molecular weight excluding hydrogens is 174 g/mol. The molecule has 0 atom stereocenters. The summed E-state index contributed by atoms with van der Waals surface area (Å²) < 4.78 is 0. The van der Waals surface area contributed by atoms with Crippen LogP contribution in [-0.2, 0) is 6.42 Å². The number of hydrogen-bond acceptors (Lipinski definition) is 3. The average molecular weight is 187 g/mol. The first-order chi connectivity index (χ1) is 5.34. The second-order valence-electron chi connectivity index (χ2n) is 2.43. The summed E-state index contributed by atoms with van der Waals surface area (Å²) in [5, 5.41) is 5.33. The van der Waals surface area contributed by atoms with Gasteiger partial charge in [-0.2, -0.15) is 12.6 Å². The molecule has 62 valence electrons. The van der Waals surface area contributed by atoms with E-state index in [4.69, 9.17) is 0 Å². The SMILES string of the molecule is Cc1ccsc1CCNCS. The Hall–Kier alpha value is 0.01000.